The predicted octanol–water partition coefficient (Wildman–Crippen LogP) is 1.97. The molecule has 1 atom stereocenters. The summed E-state index contributed by atoms with van der Waals surface area (Å²) < 4.78 is 10.7. The van der Waals surface area contributed by atoms with Crippen molar-refractivity contribution in [1.29, 1.82) is 0 Å². The van der Waals surface area contributed by atoms with E-state index in [0.29, 0.717) is 12.4 Å². The third kappa shape index (κ3) is 6.99. The van der Waals surface area contributed by atoms with E-state index in [1.165, 1.54) is 6.26 Å². The molecule has 1 aromatic carbocycles. The van der Waals surface area contributed by atoms with E-state index in [0.717, 1.165) is 11.3 Å². The van der Waals surface area contributed by atoms with E-state index in [4.69, 9.17) is 9.15 Å². The molecule has 3 amide bonds. The average Bonchev–Trinajstić information content (AvgIpc) is 3.11. The van der Waals surface area contributed by atoms with Gasteiger partial charge in [-0.15, -0.1) is 0 Å². The van der Waals surface area contributed by atoms with Gasteiger partial charge in [-0.25, -0.2) is 4.79 Å². The molecule has 0 saturated heterocycles. The van der Waals surface area contributed by atoms with Crippen LogP contribution in [0.2, 0.25) is 0 Å². The van der Waals surface area contributed by atoms with Crippen molar-refractivity contribution in [1.82, 2.24) is 16.0 Å². The van der Waals surface area contributed by atoms with Gasteiger partial charge in [-0.3, -0.25) is 4.79 Å². The molecule has 3 N–H and O–H groups in total. The summed E-state index contributed by atoms with van der Waals surface area (Å²) in [6, 6.07) is 10.6. The van der Waals surface area contributed by atoms with Crippen LogP contribution in [0.15, 0.2) is 47.1 Å². The summed E-state index contributed by atoms with van der Waals surface area (Å²) in [5, 5.41) is 7.84. The van der Waals surface area contributed by atoms with Crippen molar-refractivity contribution >= 4 is 11.9 Å². The molecular formula is C18H23N3O4. The van der Waals surface area contributed by atoms with E-state index in [1.807, 2.05) is 38.1 Å². The van der Waals surface area contributed by atoms with Crippen LogP contribution in [0.5, 0.6) is 5.75 Å². The Hall–Kier alpha value is -2.96. The molecule has 0 aliphatic heterocycles. The number of furan rings is 1. The second kappa shape index (κ2) is 9.36. The zero-order chi connectivity index (χ0) is 18.1. The highest BCUT2D eigenvalue weighted by molar-refractivity contribution is 5.83. The Bertz CT molecular complexity index is 668. The van der Waals surface area contributed by atoms with Gasteiger partial charge >= 0.3 is 6.03 Å². The number of urea groups is 1. The maximum atomic E-state index is 11.8. The van der Waals surface area contributed by atoms with Crippen LogP contribution in [0.3, 0.4) is 0 Å². The zero-order valence-corrected chi connectivity index (χ0v) is 14.4. The van der Waals surface area contributed by atoms with Crippen molar-refractivity contribution in [3.05, 3.63) is 54.0 Å². The fraction of sp³-hybridized carbons (Fsp3) is 0.333. The van der Waals surface area contributed by atoms with Gasteiger partial charge in [0.15, 0.2) is 0 Å². The van der Waals surface area contributed by atoms with E-state index in [9.17, 15) is 9.59 Å². The number of hydrogen-bond acceptors (Lipinski definition) is 4. The molecule has 7 nitrogen and oxygen atoms in total. The minimum absolute atomic E-state index is 0.112. The van der Waals surface area contributed by atoms with Gasteiger partial charge in [0.25, 0.3) is 0 Å². The lowest BCUT2D eigenvalue weighted by atomic mass is 10.2. The molecule has 0 spiro atoms. The van der Waals surface area contributed by atoms with Gasteiger partial charge in [-0.05, 0) is 38.1 Å². The highest BCUT2D eigenvalue weighted by Gasteiger charge is 2.10. The monoisotopic (exact) mass is 345 g/mol. The van der Waals surface area contributed by atoms with Crippen molar-refractivity contribution in [2.75, 3.05) is 13.2 Å². The van der Waals surface area contributed by atoms with E-state index < -0.39 is 6.03 Å². The maximum absolute atomic E-state index is 11.8. The van der Waals surface area contributed by atoms with Gasteiger partial charge in [0.05, 0.1) is 25.4 Å². The molecule has 0 saturated carbocycles. The van der Waals surface area contributed by atoms with Crippen molar-refractivity contribution in [2.24, 2.45) is 0 Å². The molecule has 2 aromatic rings. The van der Waals surface area contributed by atoms with Crippen LogP contribution in [-0.4, -0.2) is 31.1 Å². The molecule has 25 heavy (non-hydrogen) atoms. The quantitative estimate of drug-likeness (QED) is 0.682. The van der Waals surface area contributed by atoms with E-state index in [1.54, 1.807) is 12.1 Å². The molecule has 7 heteroatoms. The van der Waals surface area contributed by atoms with Crippen LogP contribution in [0.25, 0.3) is 0 Å². The summed E-state index contributed by atoms with van der Waals surface area (Å²) >= 11 is 0. The van der Waals surface area contributed by atoms with E-state index in [-0.39, 0.29) is 25.0 Å². The van der Waals surface area contributed by atoms with Crippen LogP contribution in [0.4, 0.5) is 4.79 Å². The van der Waals surface area contributed by atoms with Crippen LogP contribution in [0, 0.1) is 6.92 Å². The number of nitrogens with one attached hydrogen (secondary N) is 3. The minimum Gasteiger partial charge on any atom is -0.491 e. The number of aryl methyl sites for hydroxylation is 1. The Kier molecular flexibility index (Phi) is 6.88. The lowest BCUT2D eigenvalue weighted by Gasteiger charge is -2.15. The highest BCUT2D eigenvalue weighted by atomic mass is 16.5. The van der Waals surface area contributed by atoms with Crippen LogP contribution in [0.1, 0.15) is 18.2 Å². The number of rotatable bonds is 8. The second-order valence-corrected chi connectivity index (χ2v) is 5.71. The zero-order valence-electron chi connectivity index (χ0n) is 14.4. The molecule has 1 heterocycles. The van der Waals surface area contributed by atoms with Gasteiger partial charge in [-0.2, -0.15) is 0 Å². The molecule has 0 radical (unpaired) electrons. The molecule has 134 valence electrons. The Labute approximate surface area is 146 Å². The Morgan fingerprint density at radius 3 is 2.60 bits per heavy atom. The molecule has 0 aliphatic rings. The molecule has 0 unspecified atom stereocenters. The molecule has 0 aliphatic carbocycles. The van der Waals surface area contributed by atoms with Crippen molar-refractivity contribution in [3.63, 3.8) is 0 Å². The summed E-state index contributed by atoms with van der Waals surface area (Å²) in [6.45, 7) is 4.34. The van der Waals surface area contributed by atoms with Crippen LogP contribution >= 0.6 is 0 Å². The number of ether oxygens (including phenoxy) is 1. The number of carbonyl (C=O) groups is 2. The molecular weight excluding hydrogens is 322 g/mol. The molecule has 0 fully saturated rings. The van der Waals surface area contributed by atoms with Gasteiger partial charge < -0.3 is 25.1 Å². The second-order valence-electron chi connectivity index (χ2n) is 5.71. The summed E-state index contributed by atoms with van der Waals surface area (Å²) in [5.41, 5.74) is 1.16. The fourth-order valence-electron chi connectivity index (χ4n) is 2.03. The lowest BCUT2D eigenvalue weighted by Crippen LogP contribution is -2.45. The summed E-state index contributed by atoms with van der Waals surface area (Å²) in [7, 11) is 0. The SMILES string of the molecule is Cc1ccc(OC[C@@H](C)NC(=O)CNC(=O)NCc2ccco2)cc1. The predicted molar refractivity (Wildman–Crippen MR) is 93.2 cm³/mol. The van der Waals surface area contributed by atoms with Crippen molar-refractivity contribution in [2.45, 2.75) is 26.4 Å². The summed E-state index contributed by atoms with van der Waals surface area (Å²) in [6.07, 6.45) is 1.53. The number of carbonyl (C=O) groups excluding carboxylic acids is 2. The molecule has 2 rings (SSSR count). The normalized spacial score (nSPS) is 11.4. The van der Waals surface area contributed by atoms with E-state index >= 15 is 0 Å². The molecule has 1 aromatic heterocycles. The number of amides is 3. The smallest absolute Gasteiger partial charge is 0.315 e. The maximum Gasteiger partial charge on any atom is 0.315 e. The highest BCUT2D eigenvalue weighted by Crippen LogP contribution is 2.11. The first-order chi connectivity index (χ1) is 12.0. The first-order valence-corrected chi connectivity index (χ1v) is 8.06. The lowest BCUT2D eigenvalue weighted by molar-refractivity contribution is -0.120. The number of benzene rings is 1. The van der Waals surface area contributed by atoms with Crippen molar-refractivity contribution < 1.29 is 18.7 Å². The van der Waals surface area contributed by atoms with Crippen molar-refractivity contribution in [3.8, 4) is 5.75 Å². The van der Waals surface area contributed by atoms with Gasteiger partial charge in [0, 0.05) is 0 Å². The minimum atomic E-state index is -0.435. The van der Waals surface area contributed by atoms with Crippen LogP contribution < -0.4 is 20.7 Å². The van der Waals surface area contributed by atoms with Gasteiger partial charge in [0.2, 0.25) is 5.91 Å². The van der Waals surface area contributed by atoms with E-state index in [2.05, 4.69) is 16.0 Å². The van der Waals surface area contributed by atoms with Gasteiger partial charge in [0.1, 0.15) is 18.1 Å². The Morgan fingerprint density at radius 2 is 1.92 bits per heavy atom. The average molecular weight is 345 g/mol. The fourth-order valence-corrected chi connectivity index (χ4v) is 2.03. The summed E-state index contributed by atoms with van der Waals surface area (Å²) in [5.74, 6) is 1.11. The largest absolute Gasteiger partial charge is 0.491 e. The molecule has 0 bridgehead atoms. The standard InChI is InChI=1S/C18H23N3O4/c1-13-5-7-15(8-6-13)25-12-14(2)21-17(22)11-20-18(23)19-10-16-4-3-9-24-16/h3-9,14H,10-12H2,1-2H3,(H,21,22)(H2,19,20,23)/t14-/m1/s1. The van der Waals surface area contributed by atoms with Gasteiger partial charge in [-0.1, -0.05) is 17.7 Å². The third-order valence-electron chi connectivity index (χ3n) is 3.34. The first kappa shape index (κ1) is 18.4. The topological polar surface area (TPSA) is 92.6 Å². The first-order valence-electron chi connectivity index (χ1n) is 8.06. The Morgan fingerprint density at radius 1 is 1.16 bits per heavy atom. The Balaban J connectivity index is 1.60. The van der Waals surface area contributed by atoms with Crippen LogP contribution in [-0.2, 0) is 11.3 Å². The summed E-state index contributed by atoms with van der Waals surface area (Å²) in [4.78, 5) is 23.4. The third-order valence-corrected chi connectivity index (χ3v) is 3.34. The number of hydrogen-bond donors (Lipinski definition) is 3.